The summed E-state index contributed by atoms with van der Waals surface area (Å²) in [4.78, 5) is 22.2. The SMILES string of the molecule is COc1ccccc1OCC(=O)N1CCC(c2c[nH]c3cccnc23)CC1. The number of ether oxygens (including phenoxy) is 2. The summed E-state index contributed by atoms with van der Waals surface area (Å²) in [6, 6.07) is 11.3. The molecule has 1 aromatic carbocycles. The van der Waals surface area contributed by atoms with Crippen molar-refractivity contribution in [2.45, 2.75) is 18.8 Å². The zero-order valence-electron chi connectivity index (χ0n) is 15.4. The van der Waals surface area contributed by atoms with E-state index in [4.69, 9.17) is 9.47 Å². The smallest absolute Gasteiger partial charge is 0.260 e. The maximum atomic E-state index is 12.5. The molecule has 0 radical (unpaired) electrons. The summed E-state index contributed by atoms with van der Waals surface area (Å²) in [6.07, 6.45) is 5.76. The minimum absolute atomic E-state index is 0.0106. The average Bonchev–Trinajstić information content (AvgIpc) is 3.16. The summed E-state index contributed by atoms with van der Waals surface area (Å²) in [7, 11) is 1.59. The number of aromatic nitrogens is 2. The van der Waals surface area contributed by atoms with Gasteiger partial charge in [0.2, 0.25) is 0 Å². The highest BCUT2D eigenvalue weighted by Crippen LogP contribution is 2.32. The van der Waals surface area contributed by atoms with Crippen LogP contribution in [0.1, 0.15) is 24.3 Å². The van der Waals surface area contributed by atoms with Crippen molar-refractivity contribution in [1.82, 2.24) is 14.9 Å². The van der Waals surface area contributed by atoms with Gasteiger partial charge in [0.05, 0.1) is 18.1 Å². The molecule has 0 saturated carbocycles. The summed E-state index contributed by atoms with van der Waals surface area (Å²) < 4.78 is 10.9. The number of carbonyl (C=O) groups excluding carboxylic acids is 1. The van der Waals surface area contributed by atoms with E-state index in [2.05, 4.69) is 16.2 Å². The molecule has 6 heteroatoms. The quantitative estimate of drug-likeness (QED) is 0.753. The van der Waals surface area contributed by atoms with E-state index >= 15 is 0 Å². The van der Waals surface area contributed by atoms with E-state index in [1.54, 1.807) is 7.11 Å². The molecule has 3 aromatic rings. The van der Waals surface area contributed by atoms with Crippen molar-refractivity contribution in [1.29, 1.82) is 0 Å². The van der Waals surface area contributed by atoms with E-state index in [1.807, 2.05) is 47.5 Å². The van der Waals surface area contributed by atoms with E-state index in [9.17, 15) is 4.79 Å². The van der Waals surface area contributed by atoms with Gasteiger partial charge < -0.3 is 19.4 Å². The zero-order valence-corrected chi connectivity index (χ0v) is 15.4. The number of benzene rings is 1. The molecule has 1 fully saturated rings. The fraction of sp³-hybridized carbons (Fsp3) is 0.333. The summed E-state index contributed by atoms with van der Waals surface area (Å²) in [5, 5.41) is 0. The largest absolute Gasteiger partial charge is 0.493 e. The van der Waals surface area contributed by atoms with Crippen LogP contribution in [0.2, 0.25) is 0 Å². The Kier molecular flexibility index (Phi) is 4.96. The second-order valence-corrected chi connectivity index (χ2v) is 6.74. The van der Waals surface area contributed by atoms with E-state index in [0.717, 1.165) is 37.0 Å². The number of pyridine rings is 1. The van der Waals surface area contributed by atoms with Gasteiger partial charge in [-0.15, -0.1) is 0 Å². The number of para-hydroxylation sites is 2. The molecule has 1 aliphatic heterocycles. The fourth-order valence-electron chi connectivity index (χ4n) is 3.70. The number of hydrogen-bond acceptors (Lipinski definition) is 4. The molecule has 0 atom stereocenters. The third kappa shape index (κ3) is 3.60. The predicted molar refractivity (Wildman–Crippen MR) is 103 cm³/mol. The van der Waals surface area contributed by atoms with Gasteiger partial charge in [-0.1, -0.05) is 12.1 Å². The minimum atomic E-state index is 0.0106. The Bertz CT molecular complexity index is 929. The van der Waals surface area contributed by atoms with Crippen LogP contribution in [0.3, 0.4) is 0 Å². The van der Waals surface area contributed by atoms with Crippen LogP contribution in [0.5, 0.6) is 11.5 Å². The molecular formula is C21H23N3O3. The number of fused-ring (bicyclic) bond motifs is 1. The van der Waals surface area contributed by atoms with Crippen molar-refractivity contribution in [3.63, 3.8) is 0 Å². The molecule has 1 amide bonds. The topological polar surface area (TPSA) is 67.5 Å². The Balaban J connectivity index is 1.34. The highest BCUT2D eigenvalue weighted by Gasteiger charge is 2.26. The van der Waals surface area contributed by atoms with Crippen LogP contribution in [0.4, 0.5) is 0 Å². The molecule has 0 spiro atoms. The lowest BCUT2D eigenvalue weighted by molar-refractivity contribution is -0.134. The van der Waals surface area contributed by atoms with E-state index in [0.29, 0.717) is 17.4 Å². The lowest BCUT2D eigenvalue weighted by Crippen LogP contribution is -2.40. The fourth-order valence-corrected chi connectivity index (χ4v) is 3.70. The average molecular weight is 365 g/mol. The van der Waals surface area contributed by atoms with Crippen molar-refractivity contribution in [2.75, 3.05) is 26.8 Å². The normalized spacial score (nSPS) is 15.1. The van der Waals surface area contributed by atoms with Gasteiger partial charge in [-0.3, -0.25) is 9.78 Å². The molecule has 1 saturated heterocycles. The Morgan fingerprint density at radius 1 is 1.19 bits per heavy atom. The Morgan fingerprint density at radius 2 is 1.96 bits per heavy atom. The molecule has 1 aliphatic rings. The number of aromatic amines is 1. The third-order valence-corrected chi connectivity index (χ3v) is 5.17. The van der Waals surface area contributed by atoms with Gasteiger partial charge >= 0.3 is 0 Å². The second kappa shape index (κ2) is 7.70. The number of likely N-dealkylation sites (tertiary alicyclic amines) is 1. The summed E-state index contributed by atoms with van der Waals surface area (Å²) >= 11 is 0. The van der Waals surface area contributed by atoms with Gasteiger partial charge in [0.15, 0.2) is 18.1 Å². The number of nitrogens with one attached hydrogen (secondary N) is 1. The molecule has 6 nitrogen and oxygen atoms in total. The highest BCUT2D eigenvalue weighted by atomic mass is 16.5. The van der Waals surface area contributed by atoms with Crippen molar-refractivity contribution < 1.29 is 14.3 Å². The molecule has 0 unspecified atom stereocenters. The van der Waals surface area contributed by atoms with Gasteiger partial charge in [0.25, 0.3) is 5.91 Å². The van der Waals surface area contributed by atoms with E-state index in [1.165, 1.54) is 5.56 Å². The van der Waals surface area contributed by atoms with Crippen LogP contribution in [0.15, 0.2) is 48.8 Å². The summed E-state index contributed by atoms with van der Waals surface area (Å²) in [6.45, 7) is 1.50. The Hall–Kier alpha value is -3.02. The van der Waals surface area contributed by atoms with Crippen LogP contribution in [0, 0.1) is 0 Å². The first-order valence-electron chi connectivity index (χ1n) is 9.22. The molecule has 140 valence electrons. The van der Waals surface area contributed by atoms with E-state index in [-0.39, 0.29) is 12.5 Å². The Morgan fingerprint density at radius 3 is 2.74 bits per heavy atom. The van der Waals surface area contributed by atoms with E-state index < -0.39 is 0 Å². The van der Waals surface area contributed by atoms with Gasteiger partial charge in [-0.25, -0.2) is 0 Å². The van der Waals surface area contributed by atoms with Crippen LogP contribution < -0.4 is 9.47 Å². The van der Waals surface area contributed by atoms with Crippen LogP contribution in [-0.2, 0) is 4.79 Å². The van der Waals surface area contributed by atoms with Crippen molar-refractivity contribution in [2.24, 2.45) is 0 Å². The third-order valence-electron chi connectivity index (χ3n) is 5.17. The number of H-pyrrole nitrogens is 1. The summed E-state index contributed by atoms with van der Waals surface area (Å²) in [5.41, 5.74) is 3.36. The molecule has 0 bridgehead atoms. The first-order valence-corrected chi connectivity index (χ1v) is 9.22. The maximum absolute atomic E-state index is 12.5. The maximum Gasteiger partial charge on any atom is 0.260 e. The number of rotatable bonds is 5. The molecule has 4 rings (SSSR count). The van der Waals surface area contributed by atoms with Crippen LogP contribution in [0.25, 0.3) is 11.0 Å². The lowest BCUT2D eigenvalue weighted by atomic mass is 9.90. The van der Waals surface area contributed by atoms with Gasteiger partial charge in [0, 0.05) is 25.5 Å². The molecule has 2 aromatic heterocycles. The molecule has 3 heterocycles. The van der Waals surface area contributed by atoms with Crippen LogP contribution in [-0.4, -0.2) is 47.6 Å². The molecular weight excluding hydrogens is 342 g/mol. The van der Waals surface area contributed by atoms with Gasteiger partial charge in [0.1, 0.15) is 0 Å². The molecule has 27 heavy (non-hydrogen) atoms. The number of amides is 1. The Labute approximate surface area is 158 Å². The number of methoxy groups -OCH3 is 1. The monoisotopic (exact) mass is 365 g/mol. The molecule has 1 N–H and O–H groups in total. The van der Waals surface area contributed by atoms with Crippen molar-refractivity contribution >= 4 is 16.9 Å². The zero-order chi connectivity index (χ0) is 18.6. The lowest BCUT2D eigenvalue weighted by Gasteiger charge is -2.31. The standard InChI is InChI=1S/C21H23N3O3/c1-26-18-6-2-3-7-19(18)27-14-20(25)24-11-8-15(9-12-24)16-13-23-17-5-4-10-22-21(16)17/h2-7,10,13,15,23H,8-9,11-12,14H2,1H3. The number of piperidine rings is 1. The number of carbonyl (C=O) groups is 1. The van der Waals surface area contributed by atoms with Gasteiger partial charge in [-0.05, 0) is 48.6 Å². The van der Waals surface area contributed by atoms with Crippen molar-refractivity contribution in [3.8, 4) is 11.5 Å². The second-order valence-electron chi connectivity index (χ2n) is 6.74. The molecule has 0 aliphatic carbocycles. The van der Waals surface area contributed by atoms with Crippen molar-refractivity contribution in [3.05, 3.63) is 54.4 Å². The highest BCUT2D eigenvalue weighted by molar-refractivity contribution is 5.80. The predicted octanol–water partition coefficient (Wildman–Crippen LogP) is 3.36. The minimum Gasteiger partial charge on any atom is -0.493 e. The van der Waals surface area contributed by atoms with Crippen LogP contribution >= 0.6 is 0 Å². The number of hydrogen-bond donors (Lipinski definition) is 1. The number of nitrogens with zero attached hydrogens (tertiary/aromatic N) is 2. The van der Waals surface area contributed by atoms with Gasteiger partial charge in [-0.2, -0.15) is 0 Å². The first-order chi connectivity index (χ1) is 13.3. The summed E-state index contributed by atoms with van der Waals surface area (Å²) in [5.74, 6) is 1.66. The first kappa shape index (κ1) is 17.4.